The van der Waals surface area contributed by atoms with Crippen molar-refractivity contribution in [1.82, 2.24) is 19.9 Å². The Bertz CT molecular complexity index is 1170. The van der Waals surface area contributed by atoms with Crippen LogP contribution in [0.1, 0.15) is 16.8 Å². The lowest BCUT2D eigenvalue weighted by Gasteiger charge is -2.09. The number of pyridine rings is 1. The van der Waals surface area contributed by atoms with Crippen LogP contribution in [0, 0.1) is 11.8 Å². The van der Waals surface area contributed by atoms with E-state index in [-0.39, 0.29) is 6.03 Å². The quantitative estimate of drug-likeness (QED) is 0.515. The standard InChI is InChI=1S/C24H19N5O/c30-24(27-17-20-8-11-23(12-9-20)29-15-14-25-18-29)28-22-6-3-4-19(16-22)7-10-21-5-1-2-13-26-21/h1-6,8-9,11-16,18H,17H2,(H2,27,28,30). The van der Waals surface area contributed by atoms with E-state index < -0.39 is 0 Å². The number of rotatable bonds is 4. The molecule has 0 fully saturated rings. The van der Waals surface area contributed by atoms with Crippen LogP contribution in [0.4, 0.5) is 10.5 Å². The zero-order chi connectivity index (χ0) is 20.6. The Morgan fingerprint density at radius 1 is 0.967 bits per heavy atom. The highest BCUT2D eigenvalue weighted by Crippen LogP contribution is 2.11. The predicted molar refractivity (Wildman–Crippen MR) is 116 cm³/mol. The molecule has 146 valence electrons. The zero-order valence-electron chi connectivity index (χ0n) is 16.1. The second-order valence-electron chi connectivity index (χ2n) is 6.49. The number of benzene rings is 2. The van der Waals surface area contributed by atoms with Crippen molar-refractivity contribution in [3.05, 3.63) is 108 Å². The molecule has 30 heavy (non-hydrogen) atoms. The molecular formula is C24H19N5O. The fraction of sp³-hybridized carbons (Fsp3) is 0.0417. The summed E-state index contributed by atoms with van der Waals surface area (Å²) in [6, 6.07) is 20.6. The summed E-state index contributed by atoms with van der Waals surface area (Å²) in [5, 5.41) is 5.70. The van der Waals surface area contributed by atoms with E-state index in [9.17, 15) is 4.79 Å². The summed E-state index contributed by atoms with van der Waals surface area (Å²) in [7, 11) is 0. The number of carbonyl (C=O) groups is 1. The first-order valence-electron chi connectivity index (χ1n) is 9.41. The molecule has 0 spiro atoms. The fourth-order valence-corrected chi connectivity index (χ4v) is 2.80. The first-order valence-corrected chi connectivity index (χ1v) is 9.41. The van der Waals surface area contributed by atoms with Gasteiger partial charge in [-0.15, -0.1) is 0 Å². The Hall–Kier alpha value is -4.37. The van der Waals surface area contributed by atoms with E-state index in [4.69, 9.17) is 0 Å². The Kier molecular flexibility index (Phi) is 5.83. The van der Waals surface area contributed by atoms with Gasteiger partial charge in [0.25, 0.3) is 0 Å². The second kappa shape index (κ2) is 9.22. The minimum Gasteiger partial charge on any atom is -0.334 e. The molecule has 0 aliphatic carbocycles. The summed E-state index contributed by atoms with van der Waals surface area (Å²) in [5.41, 5.74) is 4.20. The van der Waals surface area contributed by atoms with Gasteiger partial charge in [-0.05, 0) is 53.9 Å². The molecule has 0 unspecified atom stereocenters. The van der Waals surface area contributed by atoms with Gasteiger partial charge in [-0.25, -0.2) is 14.8 Å². The van der Waals surface area contributed by atoms with Crippen molar-refractivity contribution in [3.63, 3.8) is 0 Å². The molecule has 4 aromatic rings. The third kappa shape index (κ3) is 5.12. The van der Waals surface area contributed by atoms with Crippen molar-refractivity contribution in [2.45, 2.75) is 6.54 Å². The number of carbonyl (C=O) groups excluding carboxylic acids is 1. The van der Waals surface area contributed by atoms with Crippen molar-refractivity contribution in [2.24, 2.45) is 0 Å². The molecule has 2 N–H and O–H groups in total. The molecule has 0 atom stereocenters. The van der Waals surface area contributed by atoms with Gasteiger partial charge in [0.15, 0.2) is 0 Å². The lowest BCUT2D eigenvalue weighted by molar-refractivity contribution is 0.251. The topological polar surface area (TPSA) is 71.8 Å². The van der Waals surface area contributed by atoms with Gasteiger partial charge in [-0.2, -0.15) is 0 Å². The van der Waals surface area contributed by atoms with Crippen LogP contribution < -0.4 is 10.6 Å². The van der Waals surface area contributed by atoms with Gasteiger partial charge in [-0.1, -0.05) is 30.2 Å². The summed E-state index contributed by atoms with van der Waals surface area (Å²) < 4.78 is 1.92. The van der Waals surface area contributed by atoms with Crippen LogP contribution in [0.25, 0.3) is 5.69 Å². The monoisotopic (exact) mass is 393 g/mol. The van der Waals surface area contributed by atoms with E-state index in [2.05, 4.69) is 32.4 Å². The number of nitrogens with one attached hydrogen (secondary N) is 2. The molecule has 0 saturated carbocycles. The van der Waals surface area contributed by atoms with Crippen LogP contribution in [0.15, 0.2) is 91.6 Å². The molecule has 0 radical (unpaired) electrons. The van der Waals surface area contributed by atoms with E-state index in [1.54, 1.807) is 18.7 Å². The smallest absolute Gasteiger partial charge is 0.319 e. The van der Waals surface area contributed by atoms with Crippen molar-refractivity contribution in [3.8, 4) is 17.5 Å². The highest BCUT2D eigenvalue weighted by Gasteiger charge is 2.03. The Labute approximate surface area is 174 Å². The third-order valence-electron chi connectivity index (χ3n) is 4.31. The normalized spacial score (nSPS) is 10.0. The predicted octanol–water partition coefficient (Wildman–Crippen LogP) is 3.99. The van der Waals surface area contributed by atoms with Gasteiger partial charge >= 0.3 is 6.03 Å². The van der Waals surface area contributed by atoms with Crippen LogP contribution in [-0.4, -0.2) is 20.6 Å². The maximum absolute atomic E-state index is 12.2. The first-order chi connectivity index (χ1) is 14.8. The molecular weight excluding hydrogens is 374 g/mol. The largest absolute Gasteiger partial charge is 0.334 e. The Morgan fingerprint density at radius 2 is 1.87 bits per heavy atom. The van der Waals surface area contributed by atoms with Crippen LogP contribution in [0.3, 0.4) is 0 Å². The molecule has 4 rings (SSSR count). The molecule has 2 amide bonds. The lowest BCUT2D eigenvalue weighted by Crippen LogP contribution is -2.28. The maximum Gasteiger partial charge on any atom is 0.319 e. The number of hydrogen-bond acceptors (Lipinski definition) is 3. The van der Waals surface area contributed by atoms with Gasteiger partial charge < -0.3 is 15.2 Å². The number of urea groups is 1. The third-order valence-corrected chi connectivity index (χ3v) is 4.31. The highest BCUT2D eigenvalue weighted by molar-refractivity contribution is 5.89. The van der Waals surface area contributed by atoms with Crippen LogP contribution >= 0.6 is 0 Å². The number of nitrogens with zero attached hydrogens (tertiary/aromatic N) is 3. The fourth-order valence-electron chi connectivity index (χ4n) is 2.80. The molecule has 0 aliphatic rings. The highest BCUT2D eigenvalue weighted by atomic mass is 16.2. The second-order valence-corrected chi connectivity index (χ2v) is 6.49. The molecule has 2 heterocycles. The van der Waals surface area contributed by atoms with Crippen LogP contribution in [-0.2, 0) is 6.54 Å². The number of anilines is 1. The molecule has 0 saturated heterocycles. The van der Waals surface area contributed by atoms with E-state index in [0.29, 0.717) is 17.9 Å². The Morgan fingerprint density at radius 3 is 2.63 bits per heavy atom. The summed E-state index contributed by atoms with van der Waals surface area (Å²) in [5.74, 6) is 6.07. The summed E-state index contributed by atoms with van der Waals surface area (Å²) in [6.07, 6.45) is 7.07. The molecule has 6 heteroatoms. The number of aromatic nitrogens is 3. The average molecular weight is 393 g/mol. The van der Waals surface area contributed by atoms with Crippen LogP contribution in [0.5, 0.6) is 0 Å². The SMILES string of the molecule is O=C(NCc1ccc(-n2ccnc2)cc1)Nc1cccc(C#Cc2ccccn2)c1. The molecule has 2 aromatic heterocycles. The minimum atomic E-state index is -0.275. The first kappa shape index (κ1) is 19.0. The van der Waals surface area contributed by atoms with E-state index in [1.807, 2.05) is 77.5 Å². The van der Waals surface area contributed by atoms with Crippen LogP contribution in [0.2, 0.25) is 0 Å². The van der Waals surface area contributed by atoms with E-state index >= 15 is 0 Å². The van der Waals surface area contributed by atoms with Gasteiger partial charge in [0.2, 0.25) is 0 Å². The number of hydrogen-bond donors (Lipinski definition) is 2. The van der Waals surface area contributed by atoms with Crippen molar-refractivity contribution >= 4 is 11.7 Å². The van der Waals surface area contributed by atoms with E-state index in [1.165, 1.54) is 0 Å². The molecule has 0 bridgehead atoms. The number of imidazole rings is 1. The van der Waals surface area contributed by atoms with Gasteiger partial charge in [-0.3, -0.25) is 0 Å². The van der Waals surface area contributed by atoms with Crippen molar-refractivity contribution in [2.75, 3.05) is 5.32 Å². The molecule has 0 aliphatic heterocycles. The molecule has 2 aromatic carbocycles. The zero-order valence-corrected chi connectivity index (χ0v) is 16.1. The summed E-state index contributed by atoms with van der Waals surface area (Å²) >= 11 is 0. The van der Waals surface area contributed by atoms with Gasteiger partial charge in [0.1, 0.15) is 5.69 Å². The Balaban J connectivity index is 1.32. The van der Waals surface area contributed by atoms with Crippen molar-refractivity contribution in [1.29, 1.82) is 0 Å². The molecule has 6 nitrogen and oxygen atoms in total. The lowest BCUT2D eigenvalue weighted by atomic mass is 10.2. The number of amides is 2. The average Bonchev–Trinajstić information content (AvgIpc) is 3.33. The summed E-state index contributed by atoms with van der Waals surface area (Å²) in [4.78, 5) is 20.5. The maximum atomic E-state index is 12.2. The van der Waals surface area contributed by atoms with E-state index in [0.717, 1.165) is 16.8 Å². The minimum absolute atomic E-state index is 0.275. The summed E-state index contributed by atoms with van der Waals surface area (Å²) in [6.45, 7) is 0.426. The van der Waals surface area contributed by atoms with Gasteiger partial charge in [0.05, 0.1) is 6.33 Å². The van der Waals surface area contributed by atoms with Gasteiger partial charge in [0, 0.05) is 42.1 Å². The van der Waals surface area contributed by atoms with Crippen molar-refractivity contribution < 1.29 is 4.79 Å².